The lowest BCUT2D eigenvalue weighted by atomic mass is 10.1. The molecule has 4 rings (SSSR count). The molecule has 0 aliphatic heterocycles. The minimum Gasteiger partial charge on any atom is -0.404 e. The van der Waals surface area contributed by atoms with E-state index in [9.17, 15) is 18.0 Å². The Labute approximate surface area is 220 Å². The molecule has 14 heteroatoms. The maximum Gasteiger partial charge on any atom is 0.573 e. The molecule has 2 aromatic heterocycles. The fraction of sp³-hybridized carbons (Fsp3) is 0.333. The number of hydrogen-bond donors (Lipinski definition) is 4. The molecule has 4 aromatic rings. The number of ether oxygens (including phenoxy) is 1. The summed E-state index contributed by atoms with van der Waals surface area (Å²) >= 11 is 5.84. The average Bonchev–Trinajstić information content (AvgIpc) is 3.57. The minimum absolute atomic E-state index is 0.0915. The van der Waals surface area contributed by atoms with E-state index in [2.05, 4.69) is 47.1 Å². The normalized spacial score (nSPS) is 11.7. The Kier molecular flexibility index (Phi) is 9.15. The van der Waals surface area contributed by atoms with Gasteiger partial charge in [0.2, 0.25) is 5.91 Å². The fourth-order valence-electron chi connectivity index (χ4n) is 3.79. The quantitative estimate of drug-likeness (QED) is 0.188. The van der Waals surface area contributed by atoms with Crippen LogP contribution in [0.15, 0.2) is 49.2 Å². The van der Waals surface area contributed by atoms with Crippen molar-refractivity contribution in [3.8, 4) is 11.4 Å². The van der Waals surface area contributed by atoms with Crippen molar-refractivity contribution in [2.45, 2.75) is 32.3 Å². The summed E-state index contributed by atoms with van der Waals surface area (Å²) in [5.41, 5.74) is 3.61. The van der Waals surface area contributed by atoms with Crippen molar-refractivity contribution >= 4 is 28.4 Å². The Morgan fingerprint density at radius 3 is 2.61 bits per heavy atom. The summed E-state index contributed by atoms with van der Waals surface area (Å²) in [6, 6.07) is 8.08. The van der Waals surface area contributed by atoms with E-state index in [4.69, 9.17) is 11.6 Å². The summed E-state index contributed by atoms with van der Waals surface area (Å²) in [7, 11) is 0. The van der Waals surface area contributed by atoms with Gasteiger partial charge in [0.05, 0.1) is 22.4 Å². The molecule has 1 amide bonds. The van der Waals surface area contributed by atoms with Gasteiger partial charge in [0.25, 0.3) is 0 Å². The fourth-order valence-corrected chi connectivity index (χ4v) is 4.03. The zero-order valence-corrected chi connectivity index (χ0v) is 20.9. The van der Waals surface area contributed by atoms with Crippen LogP contribution < -0.4 is 20.7 Å². The van der Waals surface area contributed by atoms with Gasteiger partial charge in [0.15, 0.2) is 0 Å². The molecule has 0 atom stereocenters. The summed E-state index contributed by atoms with van der Waals surface area (Å²) in [4.78, 5) is 12.1. The van der Waals surface area contributed by atoms with Crippen molar-refractivity contribution in [3.63, 3.8) is 0 Å². The first-order chi connectivity index (χ1) is 18.3. The second-order valence-corrected chi connectivity index (χ2v) is 8.83. The SMILES string of the molecule is O=C(CCNCc1ccc(OC(F)(F)F)c(Cl)c1)NCCCNCc1cc(-n2cnnc2)cc2[nH]ncc12. The summed E-state index contributed by atoms with van der Waals surface area (Å²) < 4.78 is 42.6. The predicted octanol–water partition coefficient (Wildman–Crippen LogP) is 3.47. The van der Waals surface area contributed by atoms with Gasteiger partial charge in [0, 0.05) is 38.0 Å². The van der Waals surface area contributed by atoms with Crippen molar-refractivity contribution in [1.82, 2.24) is 40.9 Å². The number of halogens is 4. The van der Waals surface area contributed by atoms with E-state index in [1.807, 2.05) is 10.6 Å². The van der Waals surface area contributed by atoms with Gasteiger partial charge < -0.3 is 20.7 Å². The lowest BCUT2D eigenvalue weighted by molar-refractivity contribution is -0.274. The summed E-state index contributed by atoms with van der Waals surface area (Å²) in [5, 5.41) is 25.1. The van der Waals surface area contributed by atoms with Crippen molar-refractivity contribution < 1.29 is 22.7 Å². The lowest BCUT2D eigenvalue weighted by Crippen LogP contribution is -2.30. The third kappa shape index (κ3) is 7.91. The number of alkyl halides is 3. The van der Waals surface area contributed by atoms with E-state index >= 15 is 0 Å². The molecule has 0 bridgehead atoms. The van der Waals surface area contributed by atoms with Gasteiger partial charge in [-0.3, -0.25) is 14.5 Å². The maximum absolute atomic E-state index is 12.3. The average molecular weight is 551 g/mol. The molecule has 0 saturated carbocycles. The molecule has 10 nitrogen and oxygen atoms in total. The number of benzene rings is 2. The number of rotatable bonds is 13. The monoisotopic (exact) mass is 550 g/mol. The van der Waals surface area contributed by atoms with Gasteiger partial charge in [-0.1, -0.05) is 17.7 Å². The second kappa shape index (κ2) is 12.7. The zero-order valence-electron chi connectivity index (χ0n) is 20.2. The Balaban J connectivity index is 1.11. The highest BCUT2D eigenvalue weighted by Gasteiger charge is 2.32. The number of carbonyl (C=O) groups is 1. The van der Waals surface area contributed by atoms with Crippen LogP contribution in [0.3, 0.4) is 0 Å². The molecule has 0 saturated heterocycles. The first-order valence-electron chi connectivity index (χ1n) is 11.8. The van der Waals surface area contributed by atoms with Crippen molar-refractivity contribution in [2.75, 3.05) is 19.6 Å². The highest BCUT2D eigenvalue weighted by Crippen LogP contribution is 2.30. The molecule has 0 fully saturated rings. The van der Waals surface area contributed by atoms with E-state index < -0.39 is 12.1 Å². The summed E-state index contributed by atoms with van der Waals surface area (Å²) in [6.45, 7) is 2.64. The number of aromatic amines is 1. The molecule has 0 aliphatic rings. The smallest absolute Gasteiger partial charge is 0.404 e. The molecule has 2 aromatic carbocycles. The summed E-state index contributed by atoms with van der Waals surface area (Å²) in [6.07, 6.45) is 1.29. The first kappa shape index (κ1) is 27.4. The lowest BCUT2D eigenvalue weighted by Gasteiger charge is -2.12. The number of carbonyl (C=O) groups excluding carboxylic acids is 1. The number of H-pyrrole nitrogens is 1. The number of nitrogens with zero attached hydrogens (tertiary/aromatic N) is 4. The summed E-state index contributed by atoms with van der Waals surface area (Å²) in [5.74, 6) is -0.543. The van der Waals surface area contributed by atoms with Gasteiger partial charge in [-0.2, -0.15) is 5.10 Å². The largest absolute Gasteiger partial charge is 0.573 e. The Hall–Kier alpha value is -3.68. The van der Waals surface area contributed by atoms with Crippen molar-refractivity contribution in [3.05, 3.63) is 65.3 Å². The van der Waals surface area contributed by atoms with Crippen LogP contribution in [0.4, 0.5) is 13.2 Å². The van der Waals surface area contributed by atoms with Gasteiger partial charge in [-0.25, -0.2) is 0 Å². The highest BCUT2D eigenvalue weighted by molar-refractivity contribution is 6.32. The first-order valence-corrected chi connectivity index (χ1v) is 12.2. The van der Waals surface area contributed by atoms with Crippen molar-refractivity contribution in [2.24, 2.45) is 0 Å². The molecule has 0 unspecified atom stereocenters. The molecular weight excluding hydrogens is 525 g/mol. The number of aromatic nitrogens is 5. The molecule has 0 radical (unpaired) electrons. The zero-order chi connectivity index (χ0) is 27.0. The topological polar surface area (TPSA) is 122 Å². The second-order valence-electron chi connectivity index (χ2n) is 8.42. The third-order valence-electron chi connectivity index (χ3n) is 5.59. The van der Waals surface area contributed by atoms with Crippen LogP contribution in [0.1, 0.15) is 24.0 Å². The van der Waals surface area contributed by atoms with Crippen LogP contribution in [0, 0.1) is 0 Å². The molecule has 2 heterocycles. The standard InChI is InChI=1S/C24H26ClF3N8O2/c25-20-8-16(2-3-22(20)38-24(26,27)28)11-30-7-4-23(37)31-6-1-5-29-12-17-9-18(36-14-33-34-15-36)10-21-19(17)13-32-35-21/h2-3,8-10,13-15,29-30H,1,4-7,11-12H2,(H,31,37)(H,32,35). The number of hydrogen-bond acceptors (Lipinski definition) is 7. The molecule has 0 spiro atoms. The van der Waals surface area contributed by atoms with Crippen LogP contribution in [0.25, 0.3) is 16.6 Å². The van der Waals surface area contributed by atoms with Crippen LogP contribution in [0.2, 0.25) is 5.02 Å². The van der Waals surface area contributed by atoms with Crippen LogP contribution in [-0.4, -0.2) is 56.9 Å². The van der Waals surface area contributed by atoms with E-state index in [0.29, 0.717) is 38.3 Å². The van der Waals surface area contributed by atoms with E-state index in [1.165, 1.54) is 18.2 Å². The van der Waals surface area contributed by atoms with E-state index in [0.717, 1.165) is 28.6 Å². The number of amides is 1. The molecule has 0 aliphatic carbocycles. The van der Waals surface area contributed by atoms with Crippen LogP contribution in [-0.2, 0) is 17.9 Å². The van der Waals surface area contributed by atoms with Crippen molar-refractivity contribution in [1.29, 1.82) is 0 Å². The van der Waals surface area contributed by atoms with Gasteiger partial charge in [0.1, 0.15) is 18.4 Å². The Morgan fingerprint density at radius 2 is 1.84 bits per heavy atom. The van der Waals surface area contributed by atoms with E-state index in [-0.39, 0.29) is 17.4 Å². The third-order valence-corrected chi connectivity index (χ3v) is 5.89. The predicted molar refractivity (Wildman–Crippen MR) is 135 cm³/mol. The Bertz CT molecular complexity index is 1340. The molecule has 202 valence electrons. The number of nitrogens with one attached hydrogen (secondary N) is 4. The number of fused-ring (bicyclic) bond motifs is 1. The van der Waals surface area contributed by atoms with E-state index in [1.54, 1.807) is 18.9 Å². The molecule has 4 N–H and O–H groups in total. The van der Waals surface area contributed by atoms with Gasteiger partial charge in [-0.15, -0.1) is 23.4 Å². The van der Waals surface area contributed by atoms with Gasteiger partial charge >= 0.3 is 6.36 Å². The Morgan fingerprint density at radius 1 is 1.05 bits per heavy atom. The molecular formula is C24H26ClF3N8O2. The molecule has 38 heavy (non-hydrogen) atoms. The van der Waals surface area contributed by atoms with Crippen LogP contribution >= 0.6 is 11.6 Å². The highest BCUT2D eigenvalue weighted by atomic mass is 35.5. The minimum atomic E-state index is -4.80. The van der Waals surface area contributed by atoms with Crippen LogP contribution in [0.5, 0.6) is 5.75 Å². The maximum atomic E-state index is 12.3. The van der Waals surface area contributed by atoms with Gasteiger partial charge in [-0.05, 0) is 48.4 Å².